The van der Waals surface area contributed by atoms with Crippen LogP contribution in [-0.2, 0) is 6.42 Å². The smallest absolute Gasteiger partial charge is 0.154 e. The van der Waals surface area contributed by atoms with Gasteiger partial charge in [-0.25, -0.2) is 4.98 Å². The van der Waals surface area contributed by atoms with Gasteiger partial charge in [-0.1, -0.05) is 49.4 Å². The predicted molar refractivity (Wildman–Crippen MR) is 139 cm³/mol. The standard InChI is InChI=1S/C21H19N5.C6H7N.2H2/c1-2-14-9-11-15(12-10-14)19(22)26-18-8-5-13-24-21(18)25-17-7-4-3-6-16(17)20(26)23;1-6-3-2-4-7-5-6;;/h3-13,22-23H,2H2,1H3,(H,24,25);2-5H,1H3;2*1H. The van der Waals surface area contributed by atoms with Crippen LogP contribution in [0.25, 0.3) is 0 Å². The number of rotatable bonds is 2. The Morgan fingerprint density at radius 1 is 0.970 bits per heavy atom. The molecule has 0 saturated heterocycles. The minimum atomic E-state index is 0. The van der Waals surface area contributed by atoms with Crippen LogP contribution in [0.3, 0.4) is 0 Å². The lowest BCUT2D eigenvalue weighted by atomic mass is 10.1. The molecule has 6 heteroatoms. The zero-order chi connectivity index (χ0) is 23.2. The molecule has 0 unspecified atom stereocenters. The molecule has 33 heavy (non-hydrogen) atoms. The SMILES string of the molecule is CCc1ccc(C(=N)N2C(=N)c3ccccc3Nc3ncccc32)cc1.Cc1cccnc1.[HH].[HH]. The Morgan fingerprint density at radius 2 is 1.73 bits per heavy atom. The minimum absolute atomic E-state index is 0. The van der Waals surface area contributed by atoms with E-state index in [9.17, 15) is 0 Å². The number of benzene rings is 2. The van der Waals surface area contributed by atoms with Crippen molar-refractivity contribution in [3.8, 4) is 0 Å². The molecule has 2 aromatic carbocycles. The molecular weight excluding hydrogens is 408 g/mol. The van der Waals surface area contributed by atoms with E-state index in [1.54, 1.807) is 17.3 Å². The Morgan fingerprint density at radius 3 is 2.39 bits per heavy atom. The van der Waals surface area contributed by atoms with E-state index in [4.69, 9.17) is 10.8 Å². The molecule has 1 aliphatic rings. The van der Waals surface area contributed by atoms with Crippen molar-refractivity contribution >= 4 is 28.9 Å². The largest absolute Gasteiger partial charge is 0.338 e. The molecule has 0 spiro atoms. The van der Waals surface area contributed by atoms with Crippen LogP contribution in [0.5, 0.6) is 0 Å². The summed E-state index contributed by atoms with van der Waals surface area (Å²) in [5.74, 6) is 1.15. The third-order valence-corrected chi connectivity index (χ3v) is 5.35. The second-order valence-corrected chi connectivity index (χ2v) is 7.66. The van der Waals surface area contributed by atoms with E-state index >= 15 is 0 Å². The molecule has 1 aliphatic heterocycles. The molecule has 0 radical (unpaired) electrons. The van der Waals surface area contributed by atoms with E-state index in [0.29, 0.717) is 11.5 Å². The molecule has 0 amide bonds. The maximum atomic E-state index is 8.78. The number of hydrogen-bond acceptors (Lipinski definition) is 5. The van der Waals surface area contributed by atoms with Gasteiger partial charge in [0.2, 0.25) is 0 Å². The third kappa shape index (κ3) is 4.80. The Bertz CT molecular complexity index is 1280. The number of pyridine rings is 2. The molecule has 5 rings (SSSR count). The molecule has 6 nitrogen and oxygen atoms in total. The van der Waals surface area contributed by atoms with Gasteiger partial charge in [0.15, 0.2) is 5.82 Å². The Hall–Kier alpha value is -4.32. The van der Waals surface area contributed by atoms with Crippen LogP contribution in [0, 0.1) is 17.7 Å². The average molecular weight is 439 g/mol. The second kappa shape index (κ2) is 9.87. The summed E-state index contributed by atoms with van der Waals surface area (Å²) in [6.07, 6.45) is 6.27. The monoisotopic (exact) mass is 438 g/mol. The summed E-state index contributed by atoms with van der Waals surface area (Å²) in [6.45, 7) is 4.13. The molecule has 3 heterocycles. The number of anilines is 3. The van der Waals surface area contributed by atoms with Crippen LogP contribution in [0.1, 0.15) is 32.0 Å². The van der Waals surface area contributed by atoms with Gasteiger partial charge < -0.3 is 5.32 Å². The van der Waals surface area contributed by atoms with Crippen molar-refractivity contribution in [3.63, 3.8) is 0 Å². The summed E-state index contributed by atoms with van der Waals surface area (Å²) in [6, 6.07) is 23.2. The first-order chi connectivity index (χ1) is 16.1. The minimum Gasteiger partial charge on any atom is -0.338 e. The van der Waals surface area contributed by atoms with Gasteiger partial charge in [0.25, 0.3) is 0 Å². The molecule has 168 valence electrons. The Balaban J connectivity index is 0.000000417. The van der Waals surface area contributed by atoms with Crippen molar-refractivity contribution in [2.24, 2.45) is 0 Å². The first kappa shape index (κ1) is 21.9. The van der Waals surface area contributed by atoms with Crippen molar-refractivity contribution in [3.05, 3.63) is 114 Å². The van der Waals surface area contributed by atoms with Crippen LogP contribution in [-0.4, -0.2) is 21.6 Å². The van der Waals surface area contributed by atoms with Crippen molar-refractivity contribution in [2.75, 3.05) is 10.2 Å². The van der Waals surface area contributed by atoms with E-state index in [-0.39, 0.29) is 14.5 Å². The summed E-state index contributed by atoms with van der Waals surface area (Å²) in [5, 5.41) is 20.9. The zero-order valence-electron chi connectivity index (χ0n) is 18.7. The molecule has 0 aliphatic carbocycles. The number of amidine groups is 2. The molecule has 0 saturated carbocycles. The fourth-order valence-corrected chi connectivity index (χ4v) is 3.55. The molecule has 0 fully saturated rings. The lowest BCUT2D eigenvalue weighted by molar-refractivity contribution is 1.14. The van der Waals surface area contributed by atoms with Gasteiger partial charge in [0, 0.05) is 32.6 Å². The quantitative estimate of drug-likeness (QED) is 0.248. The predicted octanol–water partition coefficient (Wildman–Crippen LogP) is 6.44. The van der Waals surface area contributed by atoms with E-state index in [0.717, 1.165) is 23.2 Å². The van der Waals surface area contributed by atoms with Crippen molar-refractivity contribution in [2.45, 2.75) is 20.3 Å². The summed E-state index contributed by atoms with van der Waals surface area (Å²) in [7, 11) is 0. The summed E-state index contributed by atoms with van der Waals surface area (Å²) in [5.41, 5.74) is 5.44. The normalized spacial score (nSPS) is 11.8. The highest BCUT2D eigenvalue weighted by Crippen LogP contribution is 2.34. The van der Waals surface area contributed by atoms with Crippen molar-refractivity contribution in [1.82, 2.24) is 9.97 Å². The highest BCUT2D eigenvalue weighted by Gasteiger charge is 2.28. The fourth-order valence-electron chi connectivity index (χ4n) is 3.55. The Labute approximate surface area is 197 Å². The molecule has 4 aromatic rings. The third-order valence-electron chi connectivity index (χ3n) is 5.35. The van der Waals surface area contributed by atoms with Gasteiger partial charge in [-0.15, -0.1) is 0 Å². The molecule has 2 aromatic heterocycles. The van der Waals surface area contributed by atoms with Gasteiger partial charge in [0.05, 0.1) is 11.4 Å². The summed E-state index contributed by atoms with van der Waals surface area (Å²) in [4.78, 5) is 9.95. The van der Waals surface area contributed by atoms with Crippen LogP contribution < -0.4 is 10.2 Å². The summed E-state index contributed by atoms with van der Waals surface area (Å²) >= 11 is 0. The van der Waals surface area contributed by atoms with Crippen molar-refractivity contribution in [1.29, 1.82) is 10.8 Å². The van der Waals surface area contributed by atoms with Crippen LogP contribution in [0.4, 0.5) is 17.2 Å². The van der Waals surface area contributed by atoms with Gasteiger partial charge in [0.1, 0.15) is 11.7 Å². The van der Waals surface area contributed by atoms with E-state index in [1.165, 1.54) is 11.1 Å². The zero-order valence-corrected chi connectivity index (χ0v) is 18.7. The molecule has 0 bridgehead atoms. The maximum absolute atomic E-state index is 8.78. The molecule has 0 atom stereocenters. The summed E-state index contributed by atoms with van der Waals surface area (Å²) < 4.78 is 0. The van der Waals surface area contributed by atoms with E-state index < -0.39 is 0 Å². The van der Waals surface area contributed by atoms with Gasteiger partial charge >= 0.3 is 0 Å². The number of fused-ring (bicyclic) bond motifs is 2. The van der Waals surface area contributed by atoms with Gasteiger partial charge in [-0.3, -0.25) is 20.7 Å². The van der Waals surface area contributed by atoms with Gasteiger partial charge in [-0.2, -0.15) is 0 Å². The Kier molecular flexibility index (Phi) is 6.55. The lowest BCUT2D eigenvalue weighted by Gasteiger charge is -2.25. The number of hydrogen-bond donors (Lipinski definition) is 3. The van der Waals surface area contributed by atoms with E-state index in [2.05, 4.69) is 22.2 Å². The van der Waals surface area contributed by atoms with Crippen LogP contribution in [0.2, 0.25) is 0 Å². The average Bonchev–Trinajstić information content (AvgIpc) is 2.98. The molecular formula is C27H30N6. The lowest BCUT2D eigenvalue weighted by Crippen LogP contribution is -2.36. The number of aromatic nitrogens is 2. The number of nitrogens with zero attached hydrogens (tertiary/aromatic N) is 3. The van der Waals surface area contributed by atoms with E-state index in [1.807, 2.05) is 85.9 Å². The number of para-hydroxylation sites is 1. The van der Waals surface area contributed by atoms with Gasteiger partial charge in [-0.05, 0) is 54.8 Å². The number of aryl methyl sites for hydroxylation is 2. The maximum Gasteiger partial charge on any atom is 0.154 e. The van der Waals surface area contributed by atoms with Crippen molar-refractivity contribution < 1.29 is 2.85 Å². The first-order valence-corrected chi connectivity index (χ1v) is 10.8. The van der Waals surface area contributed by atoms with Crippen LogP contribution >= 0.6 is 0 Å². The second-order valence-electron chi connectivity index (χ2n) is 7.66. The van der Waals surface area contributed by atoms with Crippen LogP contribution in [0.15, 0.2) is 91.4 Å². The first-order valence-electron chi connectivity index (χ1n) is 10.8. The highest BCUT2D eigenvalue weighted by molar-refractivity contribution is 6.30. The molecule has 3 N–H and O–H groups in total. The topological polar surface area (TPSA) is 88.8 Å². The fraction of sp³-hybridized carbons (Fsp3) is 0.111. The number of nitrogens with one attached hydrogen (secondary N) is 3. The highest BCUT2D eigenvalue weighted by atomic mass is 15.2.